The van der Waals surface area contributed by atoms with Crippen molar-refractivity contribution >= 4 is 0 Å². The Balaban J connectivity index is 2.01. The van der Waals surface area contributed by atoms with Crippen LogP contribution in [-0.2, 0) is 17.7 Å². The topological polar surface area (TPSA) is 15.8 Å². The maximum absolute atomic E-state index is 5.22. The fourth-order valence-electron chi connectivity index (χ4n) is 1.67. The lowest BCUT2D eigenvalue weighted by Gasteiger charge is -2.10. The molecule has 2 rings (SSSR count). The van der Waals surface area contributed by atoms with Gasteiger partial charge in [-0.05, 0) is 25.2 Å². The molecular formula is C12H17NO. The van der Waals surface area contributed by atoms with Gasteiger partial charge in [-0.1, -0.05) is 24.3 Å². The van der Waals surface area contributed by atoms with E-state index in [0.717, 1.165) is 19.6 Å². The smallest absolute Gasteiger partial charge is 0.0850 e. The normalized spacial score (nSPS) is 20.1. The molecule has 1 heterocycles. The first kappa shape index (κ1) is 9.69. The molecule has 14 heavy (non-hydrogen) atoms. The molecule has 1 aromatic rings. The minimum Gasteiger partial charge on any atom is -0.373 e. The van der Waals surface area contributed by atoms with Gasteiger partial charge in [0, 0.05) is 13.0 Å². The first-order valence-corrected chi connectivity index (χ1v) is 5.08. The van der Waals surface area contributed by atoms with Crippen LogP contribution in [0.3, 0.4) is 0 Å². The third-order valence-electron chi connectivity index (χ3n) is 2.36. The van der Waals surface area contributed by atoms with Crippen molar-refractivity contribution in [2.45, 2.75) is 19.1 Å². The van der Waals surface area contributed by atoms with Crippen LogP contribution >= 0.6 is 0 Å². The van der Waals surface area contributed by atoms with Crippen molar-refractivity contribution in [3.63, 3.8) is 0 Å². The quantitative estimate of drug-likeness (QED) is 0.673. The molecule has 0 amide bonds. The van der Waals surface area contributed by atoms with Crippen LogP contribution in [-0.4, -0.2) is 31.7 Å². The highest BCUT2D eigenvalue weighted by Gasteiger charge is 2.22. The molecule has 1 aromatic carbocycles. The zero-order chi connectivity index (χ0) is 9.97. The van der Waals surface area contributed by atoms with Gasteiger partial charge in [-0.25, -0.2) is 0 Å². The van der Waals surface area contributed by atoms with Gasteiger partial charge in [0.15, 0.2) is 0 Å². The molecule has 1 aliphatic rings. The van der Waals surface area contributed by atoms with Gasteiger partial charge >= 0.3 is 0 Å². The van der Waals surface area contributed by atoms with E-state index >= 15 is 0 Å². The van der Waals surface area contributed by atoms with Crippen LogP contribution in [0.1, 0.15) is 11.1 Å². The van der Waals surface area contributed by atoms with Gasteiger partial charge < -0.3 is 9.64 Å². The van der Waals surface area contributed by atoms with Crippen molar-refractivity contribution in [1.29, 1.82) is 0 Å². The molecule has 1 unspecified atom stereocenters. The molecule has 0 aromatic heterocycles. The summed E-state index contributed by atoms with van der Waals surface area (Å²) in [5, 5.41) is 0. The van der Waals surface area contributed by atoms with E-state index in [2.05, 4.69) is 43.3 Å². The van der Waals surface area contributed by atoms with Crippen LogP contribution in [0.25, 0.3) is 0 Å². The minimum atomic E-state index is 0.490. The number of hydrogen-bond donors (Lipinski definition) is 0. The van der Waals surface area contributed by atoms with E-state index < -0.39 is 0 Å². The van der Waals surface area contributed by atoms with Crippen LogP contribution in [0.4, 0.5) is 0 Å². The Kier molecular flexibility index (Phi) is 2.85. The monoisotopic (exact) mass is 191 g/mol. The third-order valence-corrected chi connectivity index (χ3v) is 2.36. The van der Waals surface area contributed by atoms with Gasteiger partial charge in [-0.2, -0.15) is 0 Å². The van der Waals surface area contributed by atoms with Crippen LogP contribution in [0, 0.1) is 0 Å². The number of hydrogen-bond acceptors (Lipinski definition) is 2. The molecule has 0 bridgehead atoms. The highest BCUT2D eigenvalue weighted by atomic mass is 16.6. The Hall–Kier alpha value is -0.860. The number of epoxide rings is 1. The molecule has 76 valence electrons. The first-order valence-electron chi connectivity index (χ1n) is 5.08. The maximum Gasteiger partial charge on any atom is 0.0850 e. The summed E-state index contributed by atoms with van der Waals surface area (Å²) in [7, 11) is 4.19. The number of ether oxygens (including phenoxy) is 1. The van der Waals surface area contributed by atoms with Crippen molar-refractivity contribution in [3.05, 3.63) is 35.4 Å². The highest BCUT2D eigenvalue weighted by molar-refractivity contribution is 5.24. The summed E-state index contributed by atoms with van der Waals surface area (Å²) in [5.41, 5.74) is 2.78. The fourth-order valence-corrected chi connectivity index (χ4v) is 1.67. The summed E-state index contributed by atoms with van der Waals surface area (Å²) < 4.78 is 5.22. The molecule has 1 aliphatic heterocycles. The highest BCUT2D eigenvalue weighted by Crippen LogP contribution is 2.17. The van der Waals surface area contributed by atoms with E-state index in [1.54, 1.807) is 0 Å². The molecule has 1 saturated heterocycles. The average molecular weight is 191 g/mol. The van der Waals surface area contributed by atoms with E-state index in [1.165, 1.54) is 11.1 Å². The van der Waals surface area contributed by atoms with E-state index in [4.69, 9.17) is 4.74 Å². The van der Waals surface area contributed by atoms with Gasteiger partial charge in [-0.15, -0.1) is 0 Å². The van der Waals surface area contributed by atoms with Gasteiger partial charge in [0.25, 0.3) is 0 Å². The zero-order valence-corrected chi connectivity index (χ0v) is 8.86. The van der Waals surface area contributed by atoms with E-state index in [9.17, 15) is 0 Å². The van der Waals surface area contributed by atoms with Crippen molar-refractivity contribution in [3.8, 4) is 0 Å². The van der Waals surface area contributed by atoms with E-state index in [0.29, 0.717) is 6.10 Å². The summed E-state index contributed by atoms with van der Waals surface area (Å²) in [6, 6.07) is 8.77. The molecule has 0 aliphatic carbocycles. The summed E-state index contributed by atoms with van der Waals surface area (Å²) in [6.45, 7) is 1.96. The third kappa shape index (κ3) is 2.82. The van der Waals surface area contributed by atoms with Crippen molar-refractivity contribution in [2.75, 3.05) is 20.7 Å². The Labute approximate surface area is 85.5 Å². The molecule has 0 spiro atoms. The molecular weight excluding hydrogens is 174 g/mol. The van der Waals surface area contributed by atoms with Crippen LogP contribution in [0.15, 0.2) is 24.3 Å². The fraction of sp³-hybridized carbons (Fsp3) is 0.500. The Morgan fingerprint density at radius 2 is 2.07 bits per heavy atom. The summed E-state index contributed by atoms with van der Waals surface area (Å²) >= 11 is 0. The number of benzene rings is 1. The summed E-state index contributed by atoms with van der Waals surface area (Å²) in [5.74, 6) is 0. The van der Waals surface area contributed by atoms with Gasteiger partial charge in [0.05, 0.1) is 12.7 Å². The molecule has 0 radical (unpaired) electrons. The standard InChI is InChI=1S/C12H17NO/c1-13(2)8-11-5-3-4-10(6-11)7-12-9-14-12/h3-6,12H,7-9H2,1-2H3. The SMILES string of the molecule is CN(C)Cc1cccc(CC2CO2)c1. The predicted octanol–water partition coefficient (Wildman–Crippen LogP) is 1.69. The number of rotatable bonds is 4. The van der Waals surface area contributed by atoms with Gasteiger partial charge in [0.2, 0.25) is 0 Å². The Morgan fingerprint density at radius 1 is 1.36 bits per heavy atom. The van der Waals surface area contributed by atoms with Crippen molar-refractivity contribution in [1.82, 2.24) is 4.90 Å². The lowest BCUT2D eigenvalue weighted by molar-refractivity contribution is 0.401. The van der Waals surface area contributed by atoms with Crippen LogP contribution in [0.2, 0.25) is 0 Å². The van der Waals surface area contributed by atoms with Gasteiger partial charge in [-0.3, -0.25) is 0 Å². The van der Waals surface area contributed by atoms with Crippen molar-refractivity contribution < 1.29 is 4.74 Å². The molecule has 0 saturated carbocycles. The van der Waals surface area contributed by atoms with Crippen LogP contribution < -0.4 is 0 Å². The van der Waals surface area contributed by atoms with Crippen LogP contribution in [0.5, 0.6) is 0 Å². The maximum atomic E-state index is 5.22. The Morgan fingerprint density at radius 3 is 2.71 bits per heavy atom. The molecule has 0 N–H and O–H groups in total. The van der Waals surface area contributed by atoms with E-state index in [-0.39, 0.29) is 0 Å². The molecule has 2 nitrogen and oxygen atoms in total. The van der Waals surface area contributed by atoms with E-state index in [1.807, 2.05) is 0 Å². The van der Waals surface area contributed by atoms with Gasteiger partial charge in [0.1, 0.15) is 0 Å². The summed E-state index contributed by atoms with van der Waals surface area (Å²) in [6.07, 6.45) is 1.56. The first-order chi connectivity index (χ1) is 6.74. The Bertz CT molecular complexity index is 286. The second kappa shape index (κ2) is 4.11. The zero-order valence-electron chi connectivity index (χ0n) is 8.86. The lowest BCUT2D eigenvalue weighted by Crippen LogP contribution is -2.10. The summed E-state index contributed by atoms with van der Waals surface area (Å²) in [4.78, 5) is 2.19. The lowest BCUT2D eigenvalue weighted by atomic mass is 10.1. The minimum absolute atomic E-state index is 0.490. The molecule has 2 heteroatoms. The second-order valence-electron chi connectivity index (χ2n) is 4.22. The molecule has 1 atom stereocenters. The predicted molar refractivity (Wildman–Crippen MR) is 57.3 cm³/mol. The number of nitrogens with zero attached hydrogens (tertiary/aromatic N) is 1. The molecule has 1 fully saturated rings. The largest absolute Gasteiger partial charge is 0.373 e. The van der Waals surface area contributed by atoms with Crippen molar-refractivity contribution in [2.24, 2.45) is 0 Å². The average Bonchev–Trinajstić information content (AvgIpc) is 2.87. The second-order valence-corrected chi connectivity index (χ2v) is 4.22.